The van der Waals surface area contributed by atoms with Crippen LogP contribution in [0.1, 0.15) is 0 Å². The first-order chi connectivity index (χ1) is 4.11. The van der Waals surface area contributed by atoms with Gasteiger partial charge in [-0.25, -0.2) is 4.72 Å². The molecule has 1 rings (SSSR count). The molecule has 0 aromatic carbocycles. The van der Waals surface area contributed by atoms with E-state index in [0.717, 1.165) is 0 Å². The lowest BCUT2D eigenvalue weighted by Gasteiger charge is -2.15. The average molecular weight is 205 g/mol. The van der Waals surface area contributed by atoms with Gasteiger partial charge in [0.1, 0.15) is 0 Å². The monoisotopic (exact) mass is 204 g/mol. The van der Waals surface area contributed by atoms with E-state index in [2.05, 4.69) is 9.71 Å². The van der Waals surface area contributed by atoms with E-state index in [9.17, 15) is 0 Å². The second kappa shape index (κ2) is 2.84. The van der Waals surface area contributed by atoms with Gasteiger partial charge < -0.3 is 0 Å². The second-order valence-corrected chi connectivity index (χ2v) is 4.49. The van der Waals surface area contributed by atoms with E-state index in [4.69, 9.17) is 34.8 Å². The summed E-state index contributed by atoms with van der Waals surface area (Å²) in [6.07, 6.45) is -0.410. The highest BCUT2D eigenvalue weighted by Gasteiger charge is 2.33. The first kappa shape index (κ1) is 7.95. The fraction of sp³-hybridized carbons (Fsp3) is 0.667. The smallest absolute Gasteiger partial charge is 0.226 e. The van der Waals surface area contributed by atoms with Crippen LogP contribution >= 0.6 is 46.8 Å². The van der Waals surface area contributed by atoms with Gasteiger partial charge in [0.15, 0.2) is 6.17 Å². The Morgan fingerprint density at radius 1 is 1.56 bits per heavy atom. The molecule has 0 fully saturated rings. The number of hydrogen-bond acceptors (Lipinski definition) is 3. The fourth-order valence-electron chi connectivity index (χ4n) is 0.368. The minimum Gasteiger partial charge on any atom is -0.261 e. The van der Waals surface area contributed by atoms with E-state index in [1.54, 1.807) is 5.55 Å². The Morgan fingerprint density at radius 3 is 2.44 bits per heavy atom. The van der Waals surface area contributed by atoms with Gasteiger partial charge in [-0.3, -0.25) is 4.99 Å². The van der Waals surface area contributed by atoms with Crippen molar-refractivity contribution in [2.24, 2.45) is 4.99 Å². The van der Waals surface area contributed by atoms with E-state index >= 15 is 0 Å². The predicted molar refractivity (Wildman–Crippen MR) is 43.3 cm³/mol. The summed E-state index contributed by atoms with van der Waals surface area (Å²) in [4.78, 5) is 3.84. The maximum absolute atomic E-state index is 5.48. The fourth-order valence-corrected chi connectivity index (χ4v) is 1.50. The molecule has 0 saturated heterocycles. The maximum Gasteiger partial charge on any atom is 0.226 e. The molecule has 2 nitrogen and oxygen atoms in total. The van der Waals surface area contributed by atoms with Crippen LogP contribution in [0.4, 0.5) is 0 Å². The number of alkyl halides is 3. The van der Waals surface area contributed by atoms with Crippen molar-refractivity contribution in [2.75, 3.05) is 0 Å². The minimum atomic E-state index is -1.33. The molecule has 0 aromatic rings. The van der Waals surface area contributed by atoms with Gasteiger partial charge in [0.25, 0.3) is 0 Å². The lowest BCUT2D eigenvalue weighted by Crippen LogP contribution is -2.31. The Kier molecular flexibility index (Phi) is 2.51. The topological polar surface area (TPSA) is 24.4 Å². The summed E-state index contributed by atoms with van der Waals surface area (Å²) in [5.74, 6) is 0. The molecule has 1 aliphatic rings. The third-order valence-electron chi connectivity index (χ3n) is 0.752. The first-order valence-corrected chi connectivity index (χ1v) is 4.11. The number of rotatable bonds is 0. The van der Waals surface area contributed by atoms with Gasteiger partial charge in [-0.1, -0.05) is 34.8 Å². The lowest BCUT2D eigenvalue weighted by molar-refractivity contribution is 0.695. The summed E-state index contributed by atoms with van der Waals surface area (Å²) in [5.41, 5.74) is 1.60. The lowest BCUT2D eigenvalue weighted by atomic mass is 10.6. The van der Waals surface area contributed by atoms with Gasteiger partial charge in [0.2, 0.25) is 3.79 Å². The van der Waals surface area contributed by atoms with E-state index < -0.39 is 9.96 Å². The second-order valence-electron chi connectivity index (χ2n) is 1.43. The van der Waals surface area contributed by atoms with Gasteiger partial charge in [-0.15, -0.1) is 0 Å². The normalized spacial score (nSPS) is 27.2. The zero-order chi connectivity index (χ0) is 6.91. The van der Waals surface area contributed by atoms with Crippen LogP contribution in [0.5, 0.6) is 0 Å². The molecule has 0 spiro atoms. The molecule has 0 bridgehead atoms. The van der Waals surface area contributed by atoms with Crippen molar-refractivity contribution >= 4 is 52.3 Å². The average Bonchev–Trinajstić information content (AvgIpc) is 2.08. The van der Waals surface area contributed by atoms with Crippen molar-refractivity contribution in [1.82, 2.24) is 4.72 Å². The molecule has 1 unspecified atom stereocenters. The molecule has 1 N–H and O–H groups in total. The molecule has 9 heavy (non-hydrogen) atoms. The quantitative estimate of drug-likeness (QED) is 0.483. The molecular weight excluding hydrogens is 202 g/mol. The Hall–Kier alpha value is 0.850. The number of aliphatic imine (C=N–C) groups is 1. The van der Waals surface area contributed by atoms with Crippen LogP contribution in [-0.4, -0.2) is 15.5 Å². The molecule has 1 heterocycles. The van der Waals surface area contributed by atoms with Crippen molar-refractivity contribution in [3.05, 3.63) is 0 Å². The summed E-state index contributed by atoms with van der Waals surface area (Å²) in [5, 5.41) is 0. The Bertz CT molecular complexity index is 132. The molecule has 0 saturated carbocycles. The standard InChI is InChI=1S/C3H3Cl3N2S/c4-3(5,6)2-7-1-9-8-2/h1-2,8H. The SMILES string of the molecule is ClC(Cl)(Cl)C1N=CSN1. The summed E-state index contributed by atoms with van der Waals surface area (Å²) in [7, 11) is 0. The van der Waals surface area contributed by atoms with Gasteiger partial charge >= 0.3 is 0 Å². The molecule has 6 heteroatoms. The zero-order valence-electron chi connectivity index (χ0n) is 4.14. The van der Waals surface area contributed by atoms with Crippen LogP contribution in [-0.2, 0) is 0 Å². The third-order valence-corrected chi connectivity index (χ3v) is 1.96. The Balaban J connectivity index is 2.53. The summed E-state index contributed by atoms with van der Waals surface area (Å²) < 4.78 is 1.46. The highest BCUT2D eigenvalue weighted by molar-refractivity contribution is 8.10. The summed E-state index contributed by atoms with van der Waals surface area (Å²) in [6, 6.07) is 0. The molecule has 1 atom stereocenters. The third kappa shape index (κ3) is 2.16. The van der Waals surface area contributed by atoms with Crippen molar-refractivity contribution in [2.45, 2.75) is 9.96 Å². The molecule has 0 aliphatic carbocycles. The number of nitrogens with zero attached hydrogens (tertiary/aromatic N) is 1. The number of hydrogen-bond donors (Lipinski definition) is 1. The van der Waals surface area contributed by atoms with E-state index in [1.165, 1.54) is 11.9 Å². The Labute approximate surface area is 72.1 Å². The van der Waals surface area contributed by atoms with Gasteiger partial charge in [-0.05, 0) is 11.9 Å². The van der Waals surface area contributed by atoms with Crippen LogP contribution in [0.25, 0.3) is 0 Å². The largest absolute Gasteiger partial charge is 0.261 e. The van der Waals surface area contributed by atoms with Crippen molar-refractivity contribution in [1.29, 1.82) is 0 Å². The van der Waals surface area contributed by atoms with Crippen LogP contribution in [0, 0.1) is 0 Å². The predicted octanol–water partition coefficient (Wildman–Crippen LogP) is 1.96. The van der Waals surface area contributed by atoms with E-state index in [1.807, 2.05) is 0 Å². The first-order valence-electron chi connectivity index (χ1n) is 2.10. The molecular formula is C3H3Cl3N2S. The summed E-state index contributed by atoms with van der Waals surface area (Å²) >= 11 is 17.8. The number of nitrogens with one attached hydrogen (secondary N) is 1. The summed E-state index contributed by atoms with van der Waals surface area (Å²) in [6.45, 7) is 0. The van der Waals surface area contributed by atoms with Crippen LogP contribution in [0.2, 0.25) is 0 Å². The van der Waals surface area contributed by atoms with Crippen LogP contribution < -0.4 is 4.72 Å². The number of halogens is 3. The molecule has 0 amide bonds. The zero-order valence-corrected chi connectivity index (χ0v) is 7.23. The van der Waals surface area contributed by atoms with E-state index in [0.29, 0.717) is 0 Å². The highest BCUT2D eigenvalue weighted by atomic mass is 35.6. The van der Waals surface area contributed by atoms with Crippen molar-refractivity contribution in [3.63, 3.8) is 0 Å². The minimum absolute atomic E-state index is 0.410. The molecule has 0 aromatic heterocycles. The molecule has 1 aliphatic heterocycles. The maximum atomic E-state index is 5.48. The van der Waals surface area contributed by atoms with Gasteiger partial charge in [0.05, 0.1) is 5.55 Å². The van der Waals surface area contributed by atoms with E-state index in [-0.39, 0.29) is 0 Å². The van der Waals surface area contributed by atoms with Crippen LogP contribution in [0.3, 0.4) is 0 Å². The Morgan fingerprint density at radius 2 is 2.22 bits per heavy atom. The molecule has 0 radical (unpaired) electrons. The van der Waals surface area contributed by atoms with Crippen molar-refractivity contribution < 1.29 is 0 Å². The van der Waals surface area contributed by atoms with Crippen molar-refractivity contribution in [3.8, 4) is 0 Å². The highest BCUT2D eigenvalue weighted by Crippen LogP contribution is 2.33. The van der Waals surface area contributed by atoms with Crippen LogP contribution in [0.15, 0.2) is 4.99 Å². The molecule has 52 valence electrons. The van der Waals surface area contributed by atoms with Gasteiger partial charge in [-0.2, -0.15) is 0 Å². The van der Waals surface area contributed by atoms with Gasteiger partial charge in [0, 0.05) is 0 Å².